The number of carbonyl (C=O) groups excluding carboxylic acids is 1. The third-order valence-corrected chi connectivity index (χ3v) is 4.63. The Balaban J connectivity index is 1.66. The molecule has 2 aromatic heterocycles. The van der Waals surface area contributed by atoms with Crippen LogP contribution in [0.4, 0.5) is 5.82 Å². The molecule has 2 heterocycles. The van der Waals surface area contributed by atoms with Crippen LogP contribution in [-0.4, -0.2) is 15.9 Å². The standard InChI is InChI=1S/C20H16ClN3O/c1-12(20(25)24-19-4-2-3-9-22-19)13-5-7-15-16-11-14(21)6-8-17(16)23-18(15)10-13/h2-12,23H,1H3,(H,22,24,25). The predicted molar refractivity (Wildman–Crippen MR) is 102 cm³/mol. The number of fused-ring (bicyclic) bond motifs is 3. The van der Waals surface area contributed by atoms with E-state index in [0.29, 0.717) is 10.8 Å². The number of hydrogen-bond acceptors (Lipinski definition) is 2. The van der Waals surface area contributed by atoms with Gasteiger partial charge in [-0.3, -0.25) is 4.79 Å². The van der Waals surface area contributed by atoms with Gasteiger partial charge >= 0.3 is 0 Å². The van der Waals surface area contributed by atoms with Crippen LogP contribution in [-0.2, 0) is 4.79 Å². The lowest BCUT2D eigenvalue weighted by atomic mass is 9.98. The van der Waals surface area contributed by atoms with Crippen LogP contribution in [0.1, 0.15) is 18.4 Å². The van der Waals surface area contributed by atoms with Gasteiger partial charge in [-0.1, -0.05) is 29.8 Å². The highest BCUT2D eigenvalue weighted by Crippen LogP contribution is 2.30. The molecule has 0 aliphatic rings. The van der Waals surface area contributed by atoms with Gasteiger partial charge in [-0.05, 0) is 48.9 Å². The van der Waals surface area contributed by atoms with E-state index in [1.165, 1.54) is 0 Å². The number of rotatable bonds is 3. The summed E-state index contributed by atoms with van der Waals surface area (Å²) in [7, 11) is 0. The molecule has 25 heavy (non-hydrogen) atoms. The van der Waals surface area contributed by atoms with Gasteiger partial charge in [0.15, 0.2) is 0 Å². The molecule has 0 radical (unpaired) electrons. The number of carbonyl (C=O) groups is 1. The van der Waals surface area contributed by atoms with E-state index < -0.39 is 0 Å². The largest absolute Gasteiger partial charge is 0.355 e. The number of benzene rings is 2. The Kier molecular flexibility index (Phi) is 3.90. The summed E-state index contributed by atoms with van der Waals surface area (Å²) >= 11 is 6.10. The zero-order valence-corrected chi connectivity index (χ0v) is 14.3. The number of pyridine rings is 1. The first-order valence-corrected chi connectivity index (χ1v) is 8.42. The van der Waals surface area contributed by atoms with Crippen LogP contribution in [0, 0.1) is 0 Å². The van der Waals surface area contributed by atoms with Crippen LogP contribution in [0.3, 0.4) is 0 Å². The van der Waals surface area contributed by atoms with Crippen molar-refractivity contribution in [3.63, 3.8) is 0 Å². The minimum absolute atomic E-state index is 0.0859. The van der Waals surface area contributed by atoms with Crippen LogP contribution in [0.25, 0.3) is 21.8 Å². The molecule has 0 saturated carbocycles. The van der Waals surface area contributed by atoms with Gasteiger partial charge in [0.05, 0.1) is 5.92 Å². The maximum atomic E-state index is 12.5. The number of nitrogens with one attached hydrogen (secondary N) is 2. The van der Waals surface area contributed by atoms with Gasteiger partial charge in [0.25, 0.3) is 0 Å². The van der Waals surface area contributed by atoms with Crippen molar-refractivity contribution in [1.82, 2.24) is 9.97 Å². The average molecular weight is 350 g/mol. The maximum absolute atomic E-state index is 12.5. The number of anilines is 1. The first kappa shape index (κ1) is 15.7. The molecule has 124 valence electrons. The Morgan fingerprint density at radius 3 is 2.76 bits per heavy atom. The first-order chi connectivity index (χ1) is 12.1. The number of amides is 1. The molecule has 0 fully saturated rings. The molecule has 4 nitrogen and oxygen atoms in total. The number of nitrogens with zero attached hydrogens (tertiary/aromatic N) is 1. The molecule has 0 aliphatic heterocycles. The molecule has 2 N–H and O–H groups in total. The smallest absolute Gasteiger partial charge is 0.232 e. The Hall–Kier alpha value is -2.85. The van der Waals surface area contributed by atoms with E-state index in [4.69, 9.17) is 11.6 Å². The number of H-pyrrole nitrogens is 1. The molecule has 0 aliphatic carbocycles. The summed E-state index contributed by atoms with van der Waals surface area (Å²) in [6, 6.07) is 17.2. The SMILES string of the molecule is CC(C(=O)Nc1ccccn1)c1ccc2c(c1)[nH]c1ccc(Cl)cc12. The first-order valence-electron chi connectivity index (χ1n) is 8.04. The van der Waals surface area contributed by atoms with E-state index in [1.807, 2.05) is 55.5 Å². The molecule has 4 rings (SSSR count). The van der Waals surface area contributed by atoms with Crippen LogP contribution in [0.5, 0.6) is 0 Å². The third kappa shape index (κ3) is 2.96. The lowest BCUT2D eigenvalue weighted by Crippen LogP contribution is -2.19. The second-order valence-corrected chi connectivity index (χ2v) is 6.48. The van der Waals surface area contributed by atoms with Crippen molar-refractivity contribution < 1.29 is 4.79 Å². The fourth-order valence-corrected chi connectivity index (χ4v) is 3.16. The summed E-state index contributed by atoms with van der Waals surface area (Å²) in [5, 5.41) is 5.73. The van der Waals surface area contributed by atoms with Gasteiger partial charge in [-0.15, -0.1) is 0 Å². The fourth-order valence-electron chi connectivity index (χ4n) is 2.99. The summed E-state index contributed by atoms with van der Waals surface area (Å²) in [6.45, 7) is 1.89. The van der Waals surface area contributed by atoms with Crippen molar-refractivity contribution in [1.29, 1.82) is 0 Å². The Morgan fingerprint density at radius 2 is 1.96 bits per heavy atom. The van der Waals surface area contributed by atoms with Gasteiger partial charge in [0.2, 0.25) is 5.91 Å². The molecule has 2 aromatic carbocycles. The number of aromatic amines is 1. The zero-order valence-electron chi connectivity index (χ0n) is 13.6. The normalized spacial score (nSPS) is 12.4. The molecule has 0 bridgehead atoms. The summed E-state index contributed by atoms with van der Waals surface area (Å²) in [5.74, 6) is 0.180. The van der Waals surface area contributed by atoms with Gasteiger partial charge < -0.3 is 10.3 Å². The second kappa shape index (κ2) is 6.22. The molecule has 0 saturated heterocycles. The monoisotopic (exact) mass is 349 g/mol. The summed E-state index contributed by atoms with van der Waals surface area (Å²) < 4.78 is 0. The number of halogens is 1. The van der Waals surface area contributed by atoms with Crippen LogP contribution in [0.15, 0.2) is 60.8 Å². The van der Waals surface area contributed by atoms with Gasteiger partial charge in [-0.25, -0.2) is 4.98 Å². The molecule has 1 atom stereocenters. The molecule has 1 unspecified atom stereocenters. The summed E-state index contributed by atoms with van der Waals surface area (Å²) in [5.41, 5.74) is 2.97. The van der Waals surface area contributed by atoms with Crippen molar-refractivity contribution in [2.24, 2.45) is 0 Å². The molecule has 0 spiro atoms. The van der Waals surface area contributed by atoms with Crippen molar-refractivity contribution in [3.05, 3.63) is 71.4 Å². The van der Waals surface area contributed by atoms with Crippen molar-refractivity contribution in [2.45, 2.75) is 12.8 Å². The van der Waals surface area contributed by atoms with E-state index in [9.17, 15) is 4.79 Å². The average Bonchev–Trinajstić information content (AvgIpc) is 2.99. The summed E-state index contributed by atoms with van der Waals surface area (Å²) in [6.07, 6.45) is 1.65. The fraction of sp³-hybridized carbons (Fsp3) is 0.100. The summed E-state index contributed by atoms with van der Waals surface area (Å²) in [4.78, 5) is 20.0. The highest BCUT2D eigenvalue weighted by atomic mass is 35.5. The van der Waals surface area contributed by atoms with Crippen LogP contribution >= 0.6 is 11.6 Å². The third-order valence-electron chi connectivity index (χ3n) is 4.39. The van der Waals surface area contributed by atoms with Crippen molar-refractivity contribution >= 4 is 45.1 Å². The number of hydrogen-bond donors (Lipinski definition) is 2. The quantitative estimate of drug-likeness (QED) is 0.540. The molecule has 5 heteroatoms. The van der Waals surface area contributed by atoms with E-state index in [1.54, 1.807) is 12.3 Å². The predicted octanol–water partition coefficient (Wildman–Crippen LogP) is 5.11. The minimum Gasteiger partial charge on any atom is -0.355 e. The van der Waals surface area contributed by atoms with Gasteiger partial charge in [-0.2, -0.15) is 0 Å². The van der Waals surface area contributed by atoms with Crippen molar-refractivity contribution in [2.75, 3.05) is 5.32 Å². The highest BCUT2D eigenvalue weighted by molar-refractivity contribution is 6.31. The van der Waals surface area contributed by atoms with E-state index in [-0.39, 0.29) is 11.8 Å². The second-order valence-electron chi connectivity index (χ2n) is 6.05. The zero-order chi connectivity index (χ0) is 17.4. The molecule has 4 aromatic rings. The maximum Gasteiger partial charge on any atom is 0.232 e. The Morgan fingerprint density at radius 1 is 1.08 bits per heavy atom. The van der Waals surface area contributed by atoms with E-state index in [2.05, 4.69) is 15.3 Å². The van der Waals surface area contributed by atoms with Gasteiger partial charge in [0.1, 0.15) is 5.82 Å². The van der Waals surface area contributed by atoms with Crippen molar-refractivity contribution in [3.8, 4) is 0 Å². The van der Waals surface area contributed by atoms with E-state index >= 15 is 0 Å². The molecule has 1 amide bonds. The lowest BCUT2D eigenvalue weighted by molar-refractivity contribution is -0.117. The minimum atomic E-state index is -0.290. The molecular formula is C20H16ClN3O. The van der Waals surface area contributed by atoms with Crippen LogP contribution in [0.2, 0.25) is 5.02 Å². The van der Waals surface area contributed by atoms with Crippen LogP contribution < -0.4 is 5.32 Å². The highest BCUT2D eigenvalue weighted by Gasteiger charge is 2.17. The topological polar surface area (TPSA) is 57.8 Å². The van der Waals surface area contributed by atoms with E-state index in [0.717, 1.165) is 27.4 Å². The number of aromatic nitrogens is 2. The Labute approximate surface area is 149 Å². The Bertz CT molecular complexity index is 1070. The molecular weight excluding hydrogens is 334 g/mol. The lowest BCUT2D eigenvalue weighted by Gasteiger charge is -2.12. The van der Waals surface area contributed by atoms with Gasteiger partial charge in [0, 0.05) is 33.0 Å².